The molecule has 0 amide bonds. The highest BCUT2D eigenvalue weighted by Gasteiger charge is 2.18. The van der Waals surface area contributed by atoms with Gasteiger partial charge in [-0.05, 0) is 32.1 Å². The summed E-state index contributed by atoms with van der Waals surface area (Å²) in [6.45, 7) is 3.88. The van der Waals surface area contributed by atoms with Gasteiger partial charge >= 0.3 is 0 Å². The van der Waals surface area contributed by atoms with Crippen LogP contribution in [0.3, 0.4) is 0 Å². The molecule has 0 aromatic rings. The summed E-state index contributed by atoms with van der Waals surface area (Å²) in [4.78, 5) is 6.16. The Labute approximate surface area is 116 Å². The molecule has 5 heteroatoms. The first kappa shape index (κ1) is 16.0. The maximum absolute atomic E-state index is 5.71. The fraction of sp³-hybridized carbons (Fsp3) is 0.909. The minimum atomic E-state index is 0. The number of nitrogens with two attached hydrogens (primary N) is 1. The van der Waals surface area contributed by atoms with E-state index in [-0.39, 0.29) is 24.0 Å². The van der Waals surface area contributed by atoms with Crippen LogP contribution < -0.4 is 5.73 Å². The van der Waals surface area contributed by atoms with Crippen LogP contribution in [0.1, 0.15) is 26.2 Å². The Morgan fingerprint density at radius 1 is 1.50 bits per heavy atom. The van der Waals surface area contributed by atoms with Crippen molar-refractivity contribution in [3.8, 4) is 0 Å². The quantitative estimate of drug-likeness (QED) is 0.483. The second-order valence-corrected chi connectivity index (χ2v) is 4.49. The van der Waals surface area contributed by atoms with Crippen molar-refractivity contribution in [1.82, 2.24) is 4.90 Å². The van der Waals surface area contributed by atoms with Gasteiger partial charge in [0.2, 0.25) is 0 Å². The highest BCUT2D eigenvalue weighted by Crippen LogP contribution is 2.22. The minimum absolute atomic E-state index is 0. The fourth-order valence-electron chi connectivity index (χ4n) is 1.86. The normalized spacial score (nSPS) is 26.1. The van der Waals surface area contributed by atoms with Gasteiger partial charge in [0.25, 0.3) is 0 Å². The second kappa shape index (κ2) is 8.11. The minimum Gasteiger partial charge on any atom is -0.378 e. The van der Waals surface area contributed by atoms with Crippen LogP contribution in [0.2, 0.25) is 0 Å². The van der Waals surface area contributed by atoms with Crippen LogP contribution in [0.4, 0.5) is 0 Å². The molecule has 4 nitrogen and oxygen atoms in total. The topological polar surface area (TPSA) is 50.8 Å². The first-order valence-electron chi connectivity index (χ1n) is 5.68. The summed E-state index contributed by atoms with van der Waals surface area (Å²) < 4.78 is 5.50. The lowest BCUT2D eigenvalue weighted by atomic mass is 9.93. The van der Waals surface area contributed by atoms with E-state index in [9.17, 15) is 0 Å². The molecule has 1 fully saturated rings. The molecule has 0 saturated carbocycles. The van der Waals surface area contributed by atoms with E-state index in [2.05, 4.69) is 11.9 Å². The standard InChI is InChI=1S/C11H23N3O.HI/c1-9-8-10(5-7-15-9)4-6-13-11(12)14(2)3;/h9-10H,4-8H2,1-3H3,(H2,12,13);1H. The largest absolute Gasteiger partial charge is 0.378 e. The molecule has 96 valence electrons. The van der Waals surface area contributed by atoms with Crippen molar-refractivity contribution in [1.29, 1.82) is 0 Å². The van der Waals surface area contributed by atoms with Gasteiger partial charge in [-0.1, -0.05) is 0 Å². The van der Waals surface area contributed by atoms with Crippen molar-refractivity contribution in [3.63, 3.8) is 0 Å². The summed E-state index contributed by atoms with van der Waals surface area (Å²) in [6, 6.07) is 0. The van der Waals surface area contributed by atoms with Gasteiger partial charge in [0.05, 0.1) is 6.10 Å². The predicted molar refractivity (Wildman–Crippen MR) is 78.3 cm³/mol. The molecule has 1 aliphatic heterocycles. The van der Waals surface area contributed by atoms with E-state index < -0.39 is 0 Å². The van der Waals surface area contributed by atoms with E-state index in [1.54, 1.807) is 0 Å². The molecule has 1 rings (SSSR count). The van der Waals surface area contributed by atoms with Gasteiger partial charge in [-0.15, -0.1) is 24.0 Å². The summed E-state index contributed by atoms with van der Waals surface area (Å²) in [5.41, 5.74) is 5.71. The SMILES string of the molecule is CC1CC(CCN=C(N)N(C)C)CCO1.I. The van der Waals surface area contributed by atoms with Gasteiger partial charge in [-0.3, -0.25) is 4.99 Å². The Hall–Kier alpha value is -0.0400. The molecule has 1 saturated heterocycles. The highest BCUT2D eigenvalue weighted by molar-refractivity contribution is 14.0. The number of nitrogens with zero attached hydrogens (tertiary/aromatic N) is 2. The predicted octanol–water partition coefficient (Wildman–Crippen LogP) is 1.69. The zero-order valence-corrected chi connectivity index (χ0v) is 12.8. The molecule has 0 spiro atoms. The summed E-state index contributed by atoms with van der Waals surface area (Å²) >= 11 is 0. The van der Waals surface area contributed by atoms with Gasteiger partial charge in [-0.2, -0.15) is 0 Å². The molecule has 1 heterocycles. The smallest absolute Gasteiger partial charge is 0.190 e. The Kier molecular flexibility index (Phi) is 8.09. The average Bonchev–Trinajstić information content (AvgIpc) is 2.17. The van der Waals surface area contributed by atoms with Crippen LogP contribution in [0.25, 0.3) is 0 Å². The van der Waals surface area contributed by atoms with Gasteiger partial charge in [0, 0.05) is 27.2 Å². The molecule has 16 heavy (non-hydrogen) atoms. The van der Waals surface area contributed by atoms with Gasteiger partial charge in [0.15, 0.2) is 5.96 Å². The van der Waals surface area contributed by atoms with Crippen LogP contribution in [-0.4, -0.2) is 44.2 Å². The third kappa shape index (κ3) is 5.89. The van der Waals surface area contributed by atoms with Crippen LogP contribution in [0, 0.1) is 5.92 Å². The Morgan fingerprint density at radius 3 is 2.75 bits per heavy atom. The zero-order chi connectivity index (χ0) is 11.3. The number of halogens is 1. The highest BCUT2D eigenvalue weighted by atomic mass is 127. The molecule has 0 aromatic heterocycles. The van der Waals surface area contributed by atoms with E-state index in [1.165, 1.54) is 6.42 Å². The van der Waals surface area contributed by atoms with Crippen molar-refractivity contribution >= 4 is 29.9 Å². The summed E-state index contributed by atoms with van der Waals surface area (Å²) in [5, 5.41) is 0. The molecule has 2 unspecified atom stereocenters. The molecule has 2 N–H and O–H groups in total. The molecule has 0 bridgehead atoms. The molecular formula is C11H24IN3O. The third-order valence-electron chi connectivity index (χ3n) is 2.86. The molecular weight excluding hydrogens is 317 g/mol. The number of hydrogen-bond acceptors (Lipinski definition) is 2. The number of hydrogen-bond donors (Lipinski definition) is 1. The van der Waals surface area contributed by atoms with E-state index in [0.717, 1.165) is 31.9 Å². The lowest BCUT2D eigenvalue weighted by Crippen LogP contribution is -2.30. The summed E-state index contributed by atoms with van der Waals surface area (Å²) in [6.07, 6.45) is 3.88. The number of ether oxygens (including phenoxy) is 1. The second-order valence-electron chi connectivity index (χ2n) is 4.49. The molecule has 1 aliphatic rings. The van der Waals surface area contributed by atoms with Gasteiger partial charge < -0.3 is 15.4 Å². The van der Waals surface area contributed by atoms with E-state index in [0.29, 0.717) is 12.1 Å². The van der Waals surface area contributed by atoms with Crippen LogP contribution in [0.5, 0.6) is 0 Å². The average molecular weight is 341 g/mol. The van der Waals surface area contributed by atoms with Crippen molar-refractivity contribution in [2.24, 2.45) is 16.6 Å². The maximum atomic E-state index is 5.71. The van der Waals surface area contributed by atoms with E-state index in [4.69, 9.17) is 10.5 Å². The molecule has 2 atom stereocenters. The maximum Gasteiger partial charge on any atom is 0.190 e. The van der Waals surface area contributed by atoms with E-state index >= 15 is 0 Å². The fourth-order valence-corrected chi connectivity index (χ4v) is 1.86. The monoisotopic (exact) mass is 341 g/mol. The summed E-state index contributed by atoms with van der Waals surface area (Å²) in [7, 11) is 3.82. The van der Waals surface area contributed by atoms with E-state index in [1.807, 2.05) is 19.0 Å². The van der Waals surface area contributed by atoms with Crippen molar-refractivity contribution in [2.75, 3.05) is 27.2 Å². The van der Waals surface area contributed by atoms with Gasteiger partial charge in [0.1, 0.15) is 0 Å². The van der Waals surface area contributed by atoms with Gasteiger partial charge in [-0.25, -0.2) is 0 Å². The first-order chi connectivity index (χ1) is 7.09. The Morgan fingerprint density at radius 2 is 2.19 bits per heavy atom. The lowest BCUT2D eigenvalue weighted by Gasteiger charge is -2.26. The third-order valence-corrected chi connectivity index (χ3v) is 2.86. The van der Waals surface area contributed by atoms with Crippen molar-refractivity contribution in [3.05, 3.63) is 0 Å². The molecule has 0 aromatic carbocycles. The van der Waals surface area contributed by atoms with Crippen LogP contribution in [0.15, 0.2) is 4.99 Å². The van der Waals surface area contributed by atoms with Crippen LogP contribution >= 0.6 is 24.0 Å². The van der Waals surface area contributed by atoms with Crippen molar-refractivity contribution in [2.45, 2.75) is 32.3 Å². The number of guanidine groups is 1. The lowest BCUT2D eigenvalue weighted by molar-refractivity contribution is 0.00147. The molecule has 0 aliphatic carbocycles. The number of rotatable bonds is 3. The van der Waals surface area contributed by atoms with Crippen LogP contribution in [-0.2, 0) is 4.74 Å². The number of aliphatic imine (C=N–C) groups is 1. The first-order valence-corrected chi connectivity index (χ1v) is 5.68. The molecule has 0 radical (unpaired) electrons. The summed E-state index contributed by atoms with van der Waals surface area (Å²) in [5.74, 6) is 1.38. The Balaban J connectivity index is 0.00000225. The Bertz CT molecular complexity index is 221. The van der Waals surface area contributed by atoms with Crippen molar-refractivity contribution < 1.29 is 4.74 Å². The zero-order valence-electron chi connectivity index (χ0n) is 10.5.